The Morgan fingerprint density at radius 3 is 2.45 bits per heavy atom. The molecule has 0 fully saturated rings. The number of nitriles is 1. The minimum absolute atomic E-state index is 0.209. The summed E-state index contributed by atoms with van der Waals surface area (Å²) in [6.45, 7) is 0. The van der Waals surface area contributed by atoms with Crippen molar-refractivity contribution >= 4 is 12.0 Å². The number of imide groups is 1. The van der Waals surface area contributed by atoms with Crippen LogP contribution in [0.2, 0.25) is 0 Å². The average molecular weight is 298 g/mol. The predicted molar refractivity (Wildman–Crippen MR) is 75.6 cm³/mol. The van der Waals surface area contributed by atoms with Crippen molar-refractivity contribution in [2.75, 3.05) is 0 Å². The van der Waals surface area contributed by atoms with E-state index < -0.39 is 17.8 Å². The number of hydrogen-bond acceptors (Lipinski definition) is 4. The Hall–Kier alpha value is -3.20. The molecular weight excluding hydrogens is 287 g/mol. The van der Waals surface area contributed by atoms with Crippen LogP contribution in [0.3, 0.4) is 0 Å². The highest BCUT2D eigenvalue weighted by Crippen LogP contribution is 2.13. The van der Waals surface area contributed by atoms with Gasteiger partial charge in [-0.3, -0.25) is 10.1 Å². The second kappa shape index (κ2) is 6.99. The minimum Gasteiger partial charge on any atom is -0.410 e. The van der Waals surface area contributed by atoms with E-state index in [1.807, 2.05) is 11.4 Å². The molecule has 0 aliphatic rings. The second-order valence-electron chi connectivity index (χ2n) is 4.30. The van der Waals surface area contributed by atoms with Gasteiger partial charge in [0.1, 0.15) is 11.6 Å². The summed E-state index contributed by atoms with van der Waals surface area (Å²) in [6, 6.07) is 13.6. The second-order valence-corrected chi connectivity index (χ2v) is 4.30. The molecule has 2 rings (SSSR count). The van der Waals surface area contributed by atoms with Crippen LogP contribution >= 0.6 is 0 Å². The summed E-state index contributed by atoms with van der Waals surface area (Å²) in [7, 11) is 0. The first-order valence-electron chi connectivity index (χ1n) is 6.33. The van der Waals surface area contributed by atoms with E-state index in [9.17, 15) is 14.0 Å². The molecule has 0 unspecified atom stereocenters. The zero-order chi connectivity index (χ0) is 15.9. The first-order chi connectivity index (χ1) is 10.6. The molecule has 6 heteroatoms. The molecule has 1 N–H and O–H groups in total. The zero-order valence-electron chi connectivity index (χ0n) is 11.4. The molecule has 0 aliphatic carbocycles. The van der Waals surface area contributed by atoms with Gasteiger partial charge in [0, 0.05) is 0 Å². The smallest absolute Gasteiger partial charge is 0.410 e. The molecule has 0 aliphatic heterocycles. The van der Waals surface area contributed by atoms with Crippen molar-refractivity contribution in [1.29, 1.82) is 5.26 Å². The van der Waals surface area contributed by atoms with E-state index in [-0.39, 0.29) is 17.7 Å². The Kier molecular flexibility index (Phi) is 4.83. The fourth-order valence-corrected chi connectivity index (χ4v) is 1.70. The molecule has 0 saturated carbocycles. The molecular formula is C16H11FN2O3. The van der Waals surface area contributed by atoms with Gasteiger partial charge in [0.25, 0.3) is 5.91 Å². The van der Waals surface area contributed by atoms with Crippen molar-refractivity contribution in [2.24, 2.45) is 0 Å². The van der Waals surface area contributed by atoms with E-state index in [2.05, 4.69) is 0 Å². The van der Waals surface area contributed by atoms with E-state index >= 15 is 0 Å². The maximum absolute atomic E-state index is 13.4. The molecule has 110 valence electrons. The summed E-state index contributed by atoms with van der Waals surface area (Å²) in [5, 5.41) is 10.5. The highest BCUT2D eigenvalue weighted by atomic mass is 19.1. The number of carbonyl (C=O) groups is 2. The summed E-state index contributed by atoms with van der Waals surface area (Å²) >= 11 is 0. The molecule has 0 bridgehead atoms. The van der Waals surface area contributed by atoms with E-state index in [0.717, 1.165) is 11.6 Å². The van der Waals surface area contributed by atoms with Gasteiger partial charge in [-0.2, -0.15) is 5.26 Å². The van der Waals surface area contributed by atoms with Gasteiger partial charge in [-0.15, -0.1) is 0 Å². The fourth-order valence-electron chi connectivity index (χ4n) is 1.70. The number of rotatable bonds is 3. The van der Waals surface area contributed by atoms with Gasteiger partial charge in [-0.05, 0) is 29.8 Å². The summed E-state index contributed by atoms with van der Waals surface area (Å²) in [6.07, 6.45) is -0.764. The van der Waals surface area contributed by atoms with Crippen molar-refractivity contribution in [1.82, 2.24) is 5.32 Å². The van der Waals surface area contributed by atoms with E-state index in [1.165, 1.54) is 30.3 Å². The summed E-state index contributed by atoms with van der Waals surface area (Å²) in [5.41, 5.74) is 0.529. The van der Waals surface area contributed by atoms with Crippen LogP contribution in [0.15, 0.2) is 48.5 Å². The van der Waals surface area contributed by atoms with Crippen LogP contribution in [-0.2, 0) is 6.42 Å². The molecule has 0 heterocycles. The van der Waals surface area contributed by atoms with Gasteiger partial charge < -0.3 is 4.74 Å². The SMILES string of the molecule is N#CCc1ccc(OC(=O)NC(=O)c2ccccc2F)cc1. The van der Waals surface area contributed by atoms with E-state index in [0.29, 0.717) is 0 Å². The molecule has 0 radical (unpaired) electrons. The number of halogens is 1. The minimum atomic E-state index is -1.01. The van der Waals surface area contributed by atoms with Crippen molar-refractivity contribution in [2.45, 2.75) is 6.42 Å². The van der Waals surface area contributed by atoms with Crippen LogP contribution in [0, 0.1) is 17.1 Å². The van der Waals surface area contributed by atoms with Gasteiger partial charge in [0.15, 0.2) is 0 Å². The standard InChI is InChI=1S/C16H11FN2O3/c17-14-4-2-1-3-13(14)15(20)19-16(21)22-12-7-5-11(6-8-12)9-10-18/h1-8H,9H2,(H,19,20,21). The van der Waals surface area contributed by atoms with Gasteiger partial charge >= 0.3 is 6.09 Å². The first kappa shape index (κ1) is 15.2. The molecule has 2 aromatic carbocycles. The third-order valence-corrected chi connectivity index (χ3v) is 2.75. The number of ether oxygens (including phenoxy) is 1. The summed E-state index contributed by atoms with van der Waals surface area (Å²) < 4.78 is 18.3. The van der Waals surface area contributed by atoms with E-state index in [4.69, 9.17) is 10.00 Å². The lowest BCUT2D eigenvalue weighted by atomic mass is 10.2. The maximum atomic E-state index is 13.4. The van der Waals surface area contributed by atoms with Crippen LogP contribution < -0.4 is 10.1 Å². The van der Waals surface area contributed by atoms with Crippen LogP contribution in [0.25, 0.3) is 0 Å². The number of benzene rings is 2. The average Bonchev–Trinajstić information content (AvgIpc) is 2.50. The number of hydrogen-bond donors (Lipinski definition) is 1. The predicted octanol–water partition coefficient (Wildman–Crippen LogP) is 2.82. The monoisotopic (exact) mass is 298 g/mol. The lowest BCUT2D eigenvalue weighted by Crippen LogP contribution is -2.33. The Bertz CT molecular complexity index is 736. The van der Waals surface area contributed by atoms with Crippen LogP contribution in [0.5, 0.6) is 5.75 Å². The number of carbonyl (C=O) groups excluding carboxylic acids is 2. The fraction of sp³-hybridized carbons (Fsp3) is 0.0625. The number of nitrogens with zero attached hydrogens (tertiary/aromatic N) is 1. The van der Waals surface area contributed by atoms with E-state index in [1.54, 1.807) is 12.1 Å². The molecule has 0 saturated heterocycles. The Morgan fingerprint density at radius 1 is 1.14 bits per heavy atom. The molecule has 0 spiro atoms. The van der Waals surface area contributed by atoms with Gasteiger partial charge in [-0.1, -0.05) is 24.3 Å². The highest BCUT2D eigenvalue weighted by molar-refractivity contribution is 6.03. The topological polar surface area (TPSA) is 79.2 Å². The summed E-state index contributed by atoms with van der Waals surface area (Å²) in [5.74, 6) is -1.40. The molecule has 5 nitrogen and oxygen atoms in total. The van der Waals surface area contributed by atoms with Crippen LogP contribution in [-0.4, -0.2) is 12.0 Å². The van der Waals surface area contributed by atoms with Crippen molar-refractivity contribution in [3.8, 4) is 11.8 Å². The first-order valence-corrected chi connectivity index (χ1v) is 6.33. The molecule has 2 aromatic rings. The molecule has 0 aromatic heterocycles. The van der Waals surface area contributed by atoms with Crippen molar-refractivity contribution < 1.29 is 18.7 Å². The number of nitrogens with one attached hydrogen (secondary N) is 1. The Labute approximate surface area is 125 Å². The molecule has 22 heavy (non-hydrogen) atoms. The Balaban J connectivity index is 1.97. The lowest BCUT2D eigenvalue weighted by Gasteiger charge is -2.06. The van der Waals surface area contributed by atoms with Crippen LogP contribution in [0.1, 0.15) is 15.9 Å². The molecule has 2 amide bonds. The van der Waals surface area contributed by atoms with Crippen LogP contribution in [0.4, 0.5) is 9.18 Å². The number of amides is 2. The third kappa shape index (κ3) is 3.90. The maximum Gasteiger partial charge on any atom is 0.419 e. The van der Waals surface area contributed by atoms with Crippen molar-refractivity contribution in [3.63, 3.8) is 0 Å². The third-order valence-electron chi connectivity index (χ3n) is 2.75. The zero-order valence-corrected chi connectivity index (χ0v) is 11.4. The van der Waals surface area contributed by atoms with Gasteiger partial charge in [0.05, 0.1) is 18.1 Å². The lowest BCUT2D eigenvalue weighted by molar-refractivity contribution is 0.0947. The largest absolute Gasteiger partial charge is 0.419 e. The highest BCUT2D eigenvalue weighted by Gasteiger charge is 2.15. The Morgan fingerprint density at radius 2 is 1.82 bits per heavy atom. The molecule has 0 atom stereocenters. The van der Waals surface area contributed by atoms with Crippen molar-refractivity contribution in [3.05, 3.63) is 65.5 Å². The normalized spacial score (nSPS) is 9.64. The summed E-state index contributed by atoms with van der Waals surface area (Å²) in [4.78, 5) is 23.3. The van der Waals surface area contributed by atoms with Gasteiger partial charge in [0.2, 0.25) is 0 Å². The quantitative estimate of drug-likeness (QED) is 0.945. The van der Waals surface area contributed by atoms with Gasteiger partial charge in [-0.25, -0.2) is 9.18 Å².